The molecule has 0 amide bonds. The fourth-order valence-electron chi connectivity index (χ4n) is 3.01. The van der Waals surface area contributed by atoms with Gasteiger partial charge in [-0.3, -0.25) is 15.0 Å². The highest BCUT2D eigenvalue weighted by Gasteiger charge is 2.19. The van der Waals surface area contributed by atoms with Gasteiger partial charge in [-0.15, -0.1) is 0 Å². The maximum atomic E-state index is 13.7. The van der Waals surface area contributed by atoms with Crippen LogP contribution in [0.25, 0.3) is 10.9 Å². The third-order valence-corrected chi connectivity index (χ3v) is 4.29. The van der Waals surface area contributed by atoms with E-state index in [9.17, 15) is 8.78 Å². The van der Waals surface area contributed by atoms with Crippen LogP contribution in [0.2, 0.25) is 0 Å². The van der Waals surface area contributed by atoms with Crippen molar-refractivity contribution >= 4 is 10.9 Å². The zero-order valence-corrected chi connectivity index (χ0v) is 13.5. The van der Waals surface area contributed by atoms with E-state index in [1.807, 2.05) is 36.5 Å². The molecular weight excluding hydrogens is 324 g/mol. The van der Waals surface area contributed by atoms with Gasteiger partial charge in [0.1, 0.15) is 17.7 Å². The molecule has 0 saturated carbocycles. The third kappa shape index (κ3) is 3.39. The lowest BCUT2D eigenvalue weighted by Crippen LogP contribution is -2.22. The molecular formula is C19H17F2N3O. The van der Waals surface area contributed by atoms with E-state index >= 15 is 0 Å². The van der Waals surface area contributed by atoms with Crippen molar-refractivity contribution in [2.24, 2.45) is 0 Å². The van der Waals surface area contributed by atoms with Crippen molar-refractivity contribution in [3.05, 3.63) is 77.6 Å². The molecule has 25 heavy (non-hydrogen) atoms. The molecule has 0 fully saturated rings. The van der Waals surface area contributed by atoms with Gasteiger partial charge in [0.05, 0.1) is 12.1 Å². The predicted molar refractivity (Wildman–Crippen MR) is 90.6 cm³/mol. The van der Waals surface area contributed by atoms with Gasteiger partial charge in [-0.2, -0.15) is 5.10 Å². The van der Waals surface area contributed by atoms with E-state index < -0.39 is 11.6 Å². The molecule has 4 rings (SSSR count). The van der Waals surface area contributed by atoms with Gasteiger partial charge in [0, 0.05) is 30.1 Å². The summed E-state index contributed by atoms with van der Waals surface area (Å²) in [5.41, 5.74) is 2.30. The van der Waals surface area contributed by atoms with E-state index in [0.717, 1.165) is 35.2 Å². The number of aromatic amines is 1. The van der Waals surface area contributed by atoms with Gasteiger partial charge in [-0.1, -0.05) is 18.2 Å². The molecule has 0 saturated heterocycles. The van der Waals surface area contributed by atoms with Crippen LogP contribution >= 0.6 is 0 Å². The third-order valence-electron chi connectivity index (χ3n) is 4.29. The molecule has 0 aliphatic carbocycles. The number of aromatic nitrogens is 2. The van der Waals surface area contributed by atoms with Crippen LogP contribution in [0.3, 0.4) is 0 Å². The minimum absolute atomic E-state index is 0.295. The highest BCUT2D eigenvalue weighted by molar-refractivity contribution is 5.81. The summed E-state index contributed by atoms with van der Waals surface area (Å²) in [4.78, 5) is 5.77. The zero-order valence-electron chi connectivity index (χ0n) is 13.5. The first-order valence-corrected chi connectivity index (χ1v) is 8.17. The monoisotopic (exact) mass is 341 g/mol. The summed E-state index contributed by atoms with van der Waals surface area (Å²) >= 11 is 0. The highest BCUT2D eigenvalue weighted by atomic mass is 19.1. The molecule has 1 aliphatic heterocycles. The van der Waals surface area contributed by atoms with Crippen molar-refractivity contribution < 1.29 is 13.6 Å². The summed E-state index contributed by atoms with van der Waals surface area (Å²) in [5, 5.41) is 10.1. The first-order valence-electron chi connectivity index (χ1n) is 8.17. The van der Waals surface area contributed by atoms with Crippen molar-refractivity contribution in [1.82, 2.24) is 15.3 Å². The highest BCUT2D eigenvalue weighted by Crippen LogP contribution is 2.20. The van der Waals surface area contributed by atoms with Crippen LogP contribution in [0.4, 0.5) is 8.78 Å². The normalized spacial score (nSPS) is 16.9. The predicted octanol–water partition coefficient (Wildman–Crippen LogP) is 3.76. The first kappa shape index (κ1) is 15.8. The van der Waals surface area contributed by atoms with Gasteiger partial charge in [0.2, 0.25) is 0 Å². The van der Waals surface area contributed by atoms with E-state index in [2.05, 4.69) is 10.2 Å². The number of halogens is 2. The van der Waals surface area contributed by atoms with Gasteiger partial charge in [-0.25, -0.2) is 8.78 Å². The lowest BCUT2D eigenvalue weighted by atomic mass is 10.1. The fraction of sp³-hybridized carbons (Fsp3) is 0.211. The quantitative estimate of drug-likeness (QED) is 0.768. The molecule has 128 valence electrons. The average Bonchev–Trinajstić information content (AvgIpc) is 3.23. The Labute approximate surface area is 143 Å². The van der Waals surface area contributed by atoms with Crippen LogP contribution in [-0.2, 0) is 17.7 Å². The lowest BCUT2D eigenvalue weighted by Gasteiger charge is -2.18. The molecule has 0 bridgehead atoms. The molecule has 1 unspecified atom stereocenters. The number of hydrogen-bond acceptors (Lipinski definition) is 3. The van der Waals surface area contributed by atoms with E-state index in [4.69, 9.17) is 4.84 Å². The van der Waals surface area contributed by atoms with Crippen molar-refractivity contribution in [3.8, 4) is 0 Å². The summed E-state index contributed by atoms with van der Waals surface area (Å²) < 4.78 is 27.0. The molecule has 2 heterocycles. The summed E-state index contributed by atoms with van der Waals surface area (Å²) in [6, 6.07) is 11.4. The molecule has 2 aromatic carbocycles. The first-order chi connectivity index (χ1) is 12.2. The van der Waals surface area contributed by atoms with Gasteiger partial charge in [0.15, 0.2) is 0 Å². The lowest BCUT2D eigenvalue weighted by molar-refractivity contribution is -0.128. The van der Waals surface area contributed by atoms with Crippen LogP contribution in [-0.4, -0.2) is 27.9 Å². The number of H-pyrrole nitrogens is 1. The van der Waals surface area contributed by atoms with Crippen LogP contribution in [0, 0.1) is 11.6 Å². The van der Waals surface area contributed by atoms with Crippen molar-refractivity contribution in [2.45, 2.75) is 18.9 Å². The number of hydrogen-bond donors (Lipinski definition) is 1. The maximum Gasteiger partial charge on any atom is 0.126 e. The molecule has 1 aromatic heterocycles. The summed E-state index contributed by atoms with van der Waals surface area (Å²) in [7, 11) is 0. The number of fused-ring (bicyclic) bond motifs is 1. The fourth-order valence-corrected chi connectivity index (χ4v) is 3.01. The molecule has 4 nitrogen and oxygen atoms in total. The molecule has 6 heteroatoms. The van der Waals surface area contributed by atoms with E-state index in [1.54, 1.807) is 5.06 Å². The Balaban J connectivity index is 1.35. The standard InChI is InChI=1S/C19H17F2N3O/c20-14-5-6-17(21)13(11-14)12-15-7-9-24(25-15)10-8-19-16-3-1-2-4-18(16)22-23-19/h1-7,9,11,15H,8,10,12H2,(H,22,23). The number of nitrogens with zero attached hydrogens (tertiary/aromatic N) is 2. The molecule has 1 aliphatic rings. The minimum Gasteiger partial charge on any atom is -0.281 e. The Morgan fingerprint density at radius 1 is 1.16 bits per heavy atom. The number of rotatable bonds is 5. The number of nitrogens with one attached hydrogen (secondary N) is 1. The molecule has 3 aromatic rings. The van der Waals surface area contributed by atoms with Crippen molar-refractivity contribution in [2.75, 3.05) is 6.54 Å². The Kier molecular flexibility index (Phi) is 4.19. The summed E-state index contributed by atoms with van der Waals surface area (Å²) in [6.07, 6.45) is 4.43. The van der Waals surface area contributed by atoms with Crippen LogP contribution in [0.15, 0.2) is 54.7 Å². The molecule has 0 spiro atoms. The van der Waals surface area contributed by atoms with Gasteiger partial charge in [0.25, 0.3) is 0 Å². The van der Waals surface area contributed by atoms with E-state index in [0.29, 0.717) is 18.5 Å². The Morgan fingerprint density at radius 3 is 2.96 bits per heavy atom. The molecule has 1 N–H and O–H groups in total. The molecule has 0 radical (unpaired) electrons. The van der Waals surface area contributed by atoms with Crippen molar-refractivity contribution in [3.63, 3.8) is 0 Å². The second-order valence-electron chi connectivity index (χ2n) is 6.04. The van der Waals surface area contributed by atoms with Gasteiger partial charge in [-0.05, 0) is 35.9 Å². The van der Waals surface area contributed by atoms with Crippen LogP contribution in [0.1, 0.15) is 11.3 Å². The average molecular weight is 341 g/mol. The summed E-state index contributed by atoms with van der Waals surface area (Å²) in [6.45, 7) is 0.644. The summed E-state index contributed by atoms with van der Waals surface area (Å²) in [5.74, 6) is -0.859. The van der Waals surface area contributed by atoms with Gasteiger partial charge >= 0.3 is 0 Å². The Bertz CT molecular complexity index is 922. The largest absolute Gasteiger partial charge is 0.281 e. The SMILES string of the molecule is Fc1ccc(F)c(CC2C=CN(CCc3[nH]nc4ccccc34)O2)c1. The number of benzene rings is 2. The maximum absolute atomic E-state index is 13.7. The van der Waals surface area contributed by atoms with Crippen LogP contribution < -0.4 is 0 Å². The second-order valence-corrected chi connectivity index (χ2v) is 6.04. The number of hydroxylamine groups is 2. The topological polar surface area (TPSA) is 41.2 Å². The van der Waals surface area contributed by atoms with Crippen LogP contribution in [0.5, 0.6) is 0 Å². The number of para-hydroxylation sites is 1. The van der Waals surface area contributed by atoms with E-state index in [1.165, 1.54) is 6.07 Å². The second kappa shape index (κ2) is 6.64. The minimum atomic E-state index is -0.443. The Morgan fingerprint density at radius 2 is 2.04 bits per heavy atom. The van der Waals surface area contributed by atoms with Crippen molar-refractivity contribution in [1.29, 1.82) is 0 Å². The van der Waals surface area contributed by atoms with Gasteiger partial charge < -0.3 is 0 Å². The smallest absolute Gasteiger partial charge is 0.126 e. The Hall–Kier alpha value is -2.73. The molecule has 1 atom stereocenters. The zero-order chi connectivity index (χ0) is 17.2. The van der Waals surface area contributed by atoms with E-state index in [-0.39, 0.29) is 6.10 Å².